The zero-order valence-electron chi connectivity index (χ0n) is 36.1. The summed E-state index contributed by atoms with van der Waals surface area (Å²) in [4.78, 5) is 74.1. The van der Waals surface area contributed by atoms with Gasteiger partial charge in [-0.05, 0) is 109 Å². The molecular formula is C48H54N8O7. The Bertz CT molecular complexity index is 2760. The van der Waals surface area contributed by atoms with Crippen molar-refractivity contribution in [1.82, 2.24) is 40.4 Å². The zero-order valence-corrected chi connectivity index (χ0v) is 36.1. The number of nitrogens with one attached hydrogen (secondary N) is 4. The van der Waals surface area contributed by atoms with E-state index in [1.165, 1.54) is 14.2 Å². The molecule has 1 aliphatic carbocycles. The van der Waals surface area contributed by atoms with Gasteiger partial charge >= 0.3 is 12.2 Å². The van der Waals surface area contributed by atoms with Crippen LogP contribution in [0.1, 0.15) is 82.5 Å². The number of rotatable bonds is 9. The summed E-state index contributed by atoms with van der Waals surface area (Å²) in [7, 11) is 2.63. The first-order valence-electron chi connectivity index (χ1n) is 22.3. The molecule has 2 aromatic heterocycles. The van der Waals surface area contributed by atoms with Crippen molar-refractivity contribution in [2.24, 2.45) is 17.8 Å². The molecule has 15 nitrogen and oxygen atoms in total. The third-order valence-electron chi connectivity index (χ3n) is 14.1. The molecule has 1 saturated carbocycles. The molecule has 4 aromatic carbocycles. The van der Waals surface area contributed by atoms with Gasteiger partial charge in [0, 0.05) is 36.6 Å². The maximum Gasteiger partial charge on any atom is 0.407 e. The highest BCUT2D eigenvalue weighted by molar-refractivity contribution is 6.07. The molecule has 328 valence electrons. The van der Waals surface area contributed by atoms with Crippen molar-refractivity contribution < 1.29 is 33.4 Å². The number of likely N-dealkylation sites (tertiary alicyclic amines) is 2. The first-order valence-corrected chi connectivity index (χ1v) is 22.3. The molecule has 4 fully saturated rings. The number of nitrogens with zero attached hydrogens (tertiary/aromatic N) is 4. The molecule has 10 rings (SSSR count). The Hall–Kier alpha value is -6.22. The van der Waals surface area contributed by atoms with Crippen molar-refractivity contribution in [1.29, 1.82) is 0 Å². The second-order valence-electron chi connectivity index (χ2n) is 18.1. The molecule has 0 radical (unpaired) electrons. The van der Waals surface area contributed by atoms with Gasteiger partial charge in [0.05, 0.1) is 48.4 Å². The van der Waals surface area contributed by atoms with Crippen LogP contribution >= 0.6 is 0 Å². The van der Waals surface area contributed by atoms with Gasteiger partial charge in [-0.25, -0.2) is 19.6 Å². The van der Waals surface area contributed by atoms with E-state index in [0.717, 1.165) is 98.5 Å². The number of piperidine rings is 1. The van der Waals surface area contributed by atoms with Crippen molar-refractivity contribution in [3.05, 3.63) is 72.3 Å². The number of benzene rings is 4. The van der Waals surface area contributed by atoms with Gasteiger partial charge in [-0.15, -0.1) is 0 Å². The molecule has 4 N–H and O–H groups in total. The molecule has 15 heteroatoms. The summed E-state index contributed by atoms with van der Waals surface area (Å²) in [6.45, 7) is 5.54. The second kappa shape index (κ2) is 16.5. The third kappa shape index (κ3) is 7.29. The summed E-state index contributed by atoms with van der Waals surface area (Å²) in [6, 6.07) is 19.5. The van der Waals surface area contributed by atoms with Crippen LogP contribution in [-0.2, 0) is 23.8 Å². The Morgan fingerprint density at radius 2 is 1.37 bits per heavy atom. The lowest BCUT2D eigenvalue weighted by Gasteiger charge is -2.39. The summed E-state index contributed by atoms with van der Waals surface area (Å²) in [5.74, 6) is 1.46. The van der Waals surface area contributed by atoms with Crippen LogP contribution in [-0.4, -0.2) is 106 Å². The maximum atomic E-state index is 14.5. The predicted molar refractivity (Wildman–Crippen MR) is 238 cm³/mol. The van der Waals surface area contributed by atoms with Crippen LogP contribution < -0.4 is 10.6 Å². The summed E-state index contributed by atoms with van der Waals surface area (Å²) in [5, 5.41) is 9.85. The lowest BCUT2D eigenvalue weighted by Crippen LogP contribution is -2.55. The number of hydrogen-bond donors (Lipinski definition) is 4. The van der Waals surface area contributed by atoms with Crippen molar-refractivity contribution >= 4 is 67.6 Å². The molecule has 4 amide bonds. The minimum atomic E-state index is -0.699. The largest absolute Gasteiger partial charge is 0.453 e. The van der Waals surface area contributed by atoms with Gasteiger partial charge in [-0.1, -0.05) is 50.2 Å². The Labute approximate surface area is 364 Å². The van der Waals surface area contributed by atoms with Gasteiger partial charge in [0.2, 0.25) is 11.8 Å². The summed E-state index contributed by atoms with van der Waals surface area (Å²) in [5.41, 5.74) is 5.71. The highest BCUT2D eigenvalue weighted by Crippen LogP contribution is 2.50. The summed E-state index contributed by atoms with van der Waals surface area (Å²) >= 11 is 0. The van der Waals surface area contributed by atoms with E-state index in [-0.39, 0.29) is 47.7 Å². The first-order chi connectivity index (χ1) is 30.6. The number of carbonyl (C=O) groups is 4. The van der Waals surface area contributed by atoms with Crippen molar-refractivity contribution in [2.75, 3.05) is 34.0 Å². The van der Waals surface area contributed by atoms with E-state index in [2.05, 4.69) is 75.2 Å². The topological polar surface area (TPSA) is 184 Å². The predicted octanol–water partition coefficient (Wildman–Crippen LogP) is 7.66. The molecule has 3 saturated heterocycles. The Morgan fingerprint density at radius 1 is 0.746 bits per heavy atom. The van der Waals surface area contributed by atoms with E-state index in [0.29, 0.717) is 32.6 Å². The van der Waals surface area contributed by atoms with Crippen LogP contribution in [0.3, 0.4) is 0 Å². The zero-order chi connectivity index (χ0) is 43.5. The number of aromatic nitrogens is 4. The van der Waals surface area contributed by atoms with E-state index in [4.69, 9.17) is 24.2 Å². The van der Waals surface area contributed by atoms with Crippen LogP contribution in [0.15, 0.2) is 60.7 Å². The SMILES string of the molecule is COC(=O)N[C@H](C(=O)N1CCC[C@H]1c1nc2ccc3cc(-c4ccc5c(ccc6nc([C@@H]7[C@H]8CC[C@H](C8)N7C(=O)[C@@H](NC(=O)OC)C7CCOCC7)[nH]c65)c4)ccc3c2[nH]1)C(C)C. The molecule has 0 unspecified atom stereocenters. The fraction of sp³-hybridized carbons (Fsp3) is 0.458. The number of hydrogen-bond acceptors (Lipinski definition) is 9. The average Bonchev–Trinajstić information content (AvgIpc) is 4.17. The molecular weight excluding hydrogens is 801 g/mol. The number of aromatic amines is 2. The van der Waals surface area contributed by atoms with Crippen LogP contribution in [0.5, 0.6) is 0 Å². The second-order valence-corrected chi connectivity index (χ2v) is 18.1. The highest BCUT2D eigenvalue weighted by atomic mass is 16.5. The van der Waals surface area contributed by atoms with E-state index in [9.17, 15) is 19.2 Å². The number of ether oxygens (including phenoxy) is 3. The van der Waals surface area contributed by atoms with Gasteiger partial charge in [-0.2, -0.15) is 0 Å². The minimum Gasteiger partial charge on any atom is -0.453 e. The Morgan fingerprint density at radius 3 is 2.00 bits per heavy atom. The van der Waals surface area contributed by atoms with Crippen LogP contribution in [0.25, 0.3) is 54.7 Å². The number of imidazole rings is 2. The summed E-state index contributed by atoms with van der Waals surface area (Å²) < 4.78 is 15.4. The van der Waals surface area contributed by atoms with Gasteiger partial charge in [-0.3, -0.25) is 9.59 Å². The highest BCUT2D eigenvalue weighted by Gasteiger charge is 2.52. The normalized spacial score (nSPS) is 22.4. The average molecular weight is 855 g/mol. The third-order valence-corrected chi connectivity index (χ3v) is 14.1. The molecule has 2 bridgehead atoms. The Kier molecular flexibility index (Phi) is 10.7. The van der Waals surface area contributed by atoms with Crippen molar-refractivity contribution in [2.45, 2.75) is 89.0 Å². The van der Waals surface area contributed by atoms with Crippen LogP contribution in [0.2, 0.25) is 0 Å². The Balaban J connectivity index is 0.917. The maximum absolute atomic E-state index is 14.5. The quantitative estimate of drug-likeness (QED) is 0.113. The van der Waals surface area contributed by atoms with Crippen molar-refractivity contribution in [3.63, 3.8) is 0 Å². The van der Waals surface area contributed by atoms with E-state index < -0.39 is 24.3 Å². The number of H-pyrrole nitrogens is 2. The molecule has 4 aliphatic rings. The lowest BCUT2D eigenvalue weighted by molar-refractivity contribution is -0.140. The summed E-state index contributed by atoms with van der Waals surface area (Å²) in [6.07, 6.45) is 4.69. The number of carbonyl (C=O) groups excluding carboxylic acids is 4. The fourth-order valence-electron chi connectivity index (χ4n) is 10.9. The van der Waals surface area contributed by atoms with Gasteiger partial charge in [0.1, 0.15) is 23.7 Å². The lowest BCUT2D eigenvalue weighted by atomic mass is 9.89. The van der Waals surface area contributed by atoms with Gasteiger partial charge in [0.25, 0.3) is 0 Å². The van der Waals surface area contributed by atoms with Gasteiger partial charge in [0.15, 0.2) is 0 Å². The molecule has 6 aromatic rings. The first kappa shape index (κ1) is 40.8. The number of amides is 4. The monoisotopic (exact) mass is 854 g/mol. The molecule has 3 aliphatic heterocycles. The van der Waals surface area contributed by atoms with E-state index in [1.54, 1.807) is 0 Å². The van der Waals surface area contributed by atoms with Gasteiger partial charge < -0.3 is 44.6 Å². The van der Waals surface area contributed by atoms with E-state index in [1.807, 2.05) is 29.7 Å². The fourth-order valence-corrected chi connectivity index (χ4v) is 10.9. The standard InChI is InChI=1S/C48H54N8O7/c1-25(2)38(53-47(59)61-3)45(57)55-19-5-6-37(55)43-49-35-15-10-29-22-27(8-13-33(29)40(35)51-43)28-9-14-34-30(23-28)11-16-36-41(34)52-44(50-36)42-31-7-12-32(24-31)56(42)46(58)39(54-48(60)62-4)26-17-20-63-21-18-26/h8-11,13-16,22-23,25-26,31-32,37-39,42H,5-7,12,17-21,24H2,1-4H3,(H,49,51)(H,50,52)(H,53,59)(H,54,60)/t31-,32+,37-,38-,39-,42-/m0/s1. The van der Waals surface area contributed by atoms with Crippen LogP contribution in [0, 0.1) is 17.8 Å². The molecule has 6 atom stereocenters. The number of methoxy groups -OCH3 is 2. The molecule has 0 spiro atoms. The van der Waals surface area contributed by atoms with Crippen LogP contribution in [0.4, 0.5) is 9.59 Å². The molecule has 63 heavy (non-hydrogen) atoms. The van der Waals surface area contributed by atoms with E-state index >= 15 is 0 Å². The number of alkyl carbamates (subject to hydrolysis) is 2. The smallest absolute Gasteiger partial charge is 0.407 e. The number of fused-ring (bicyclic) bond motifs is 8. The minimum absolute atomic E-state index is 0.0321. The van der Waals surface area contributed by atoms with Crippen molar-refractivity contribution in [3.8, 4) is 11.1 Å². The molecule has 5 heterocycles.